The SMILES string of the molecule is CC(C)(C)c1cnc(C2(CCc3ccc(F)s3)CCN(C(C)(C)C3=CN[C@](C)(C(C(=O)O)C(O)(CC(=O)O)C(=O)O)C=C3)C2)[nH]1. The second kappa shape index (κ2) is 12.0. The third kappa shape index (κ3) is 6.70. The van der Waals surface area contributed by atoms with E-state index in [1.54, 1.807) is 12.3 Å². The van der Waals surface area contributed by atoms with Crippen molar-refractivity contribution >= 4 is 29.2 Å². The summed E-state index contributed by atoms with van der Waals surface area (Å²) < 4.78 is 13.8. The average Bonchev–Trinajstić information content (AvgIpc) is 3.67. The van der Waals surface area contributed by atoms with Crippen molar-refractivity contribution in [3.8, 4) is 0 Å². The number of dihydropyridines is 1. The van der Waals surface area contributed by atoms with E-state index in [1.807, 2.05) is 26.1 Å². The molecule has 45 heavy (non-hydrogen) atoms. The van der Waals surface area contributed by atoms with E-state index in [1.165, 1.54) is 19.1 Å². The second-order valence-electron chi connectivity index (χ2n) is 14.0. The number of H-pyrrole nitrogens is 1. The second-order valence-corrected chi connectivity index (χ2v) is 15.2. The quantitative estimate of drug-likeness (QED) is 0.197. The first kappa shape index (κ1) is 34.3. The van der Waals surface area contributed by atoms with Gasteiger partial charge in [-0.15, -0.1) is 11.3 Å². The Morgan fingerprint density at radius 3 is 2.33 bits per heavy atom. The van der Waals surface area contributed by atoms with Crippen LogP contribution in [-0.2, 0) is 31.6 Å². The zero-order chi connectivity index (χ0) is 33.6. The summed E-state index contributed by atoms with van der Waals surface area (Å²) in [6, 6.07) is 3.30. The van der Waals surface area contributed by atoms with Gasteiger partial charge >= 0.3 is 17.9 Å². The standard InChI is InChI=1S/C32H43FN4O7S/c1-28(2,3)21-17-34-26(36-21)31(12-10-20-7-8-22(33)45-20)13-14-37(18-31)29(4,5)19-9-11-30(6,35-16-19)24(25(40)41)32(44,27(42)43)15-23(38)39/h7-9,11,16-17,24,35,44H,10,12-15,18H2,1-6H3,(H,34,36)(H,38,39)(H,40,41)(H,42,43)/t24?,30-,31?,32?/m0/s1. The summed E-state index contributed by atoms with van der Waals surface area (Å²) in [6.07, 6.45) is 7.63. The van der Waals surface area contributed by atoms with Crippen molar-refractivity contribution in [3.05, 3.63) is 63.8 Å². The van der Waals surface area contributed by atoms with E-state index in [2.05, 4.69) is 36.0 Å². The molecule has 0 amide bonds. The highest BCUT2D eigenvalue weighted by Crippen LogP contribution is 2.44. The lowest BCUT2D eigenvalue weighted by molar-refractivity contribution is -0.182. The van der Waals surface area contributed by atoms with Gasteiger partial charge in [-0.25, -0.2) is 9.78 Å². The highest BCUT2D eigenvalue weighted by Gasteiger charge is 2.58. The zero-order valence-electron chi connectivity index (χ0n) is 26.5. The van der Waals surface area contributed by atoms with E-state index in [9.17, 15) is 39.2 Å². The van der Waals surface area contributed by atoms with E-state index in [4.69, 9.17) is 4.98 Å². The van der Waals surface area contributed by atoms with E-state index in [-0.39, 0.29) is 16.0 Å². The van der Waals surface area contributed by atoms with Crippen LogP contribution in [0, 0.1) is 11.0 Å². The van der Waals surface area contributed by atoms with Gasteiger partial charge in [-0.3, -0.25) is 14.5 Å². The molecule has 3 unspecified atom stereocenters. The topological polar surface area (TPSA) is 176 Å². The molecule has 1 saturated heterocycles. The largest absolute Gasteiger partial charge is 0.481 e. The number of rotatable bonds is 12. The minimum atomic E-state index is -3.07. The third-order valence-corrected chi connectivity index (χ3v) is 10.4. The van der Waals surface area contributed by atoms with Gasteiger partial charge in [-0.1, -0.05) is 32.9 Å². The van der Waals surface area contributed by atoms with Gasteiger partial charge in [-0.05, 0) is 57.7 Å². The summed E-state index contributed by atoms with van der Waals surface area (Å²) in [7, 11) is 0. The van der Waals surface area contributed by atoms with Crippen LogP contribution in [0.1, 0.15) is 77.2 Å². The molecule has 2 aliphatic heterocycles. The average molecular weight is 647 g/mol. The van der Waals surface area contributed by atoms with Gasteiger partial charge < -0.3 is 30.7 Å². The fraction of sp³-hybridized carbons (Fsp3) is 0.562. The number of aromatic nitrogens is 2. The summed E-state index contributed by atoms with van der Waals surface area (Å²) in [4.78, 5) is 47.4. The zero-order valence-corrected chi connectivity index (χ0v) is 27.3. The first-order valence-electron chi connectivity index (χ1n) is 14.9. The molecular formula is C32H43FN4O7S. The molecule has 2 aliphatic rings. The van der Waals surface area contributed by atoms with Gasteiger partial charge in [0.25, 0.3) is 0 Å². The molecule has 4 atom stereocenters. The van der Waals surface area contributed by atoms with Gasteiger partial charge in [0, 0.05) is 52.4 Å². The maximum atomic E-state index is 13.8. The number of carboxylic acid groups (broad SMARTS) is 3. The first-order valence-corrected chi connectivity index (χ1v) is 15.7. The van der Waals surface area contributed by atoms with Gasteiger partial charge in [0.05, 0.1) is 12.0 Å². The highest BCUT2D eigenvalue weighted by molar-refractivity contribution is 7.10. The molecule has 2 aromatic heterocycles. The maximum Gasteiger partial charge on any atom is 0.337 e. The number of halogens is 1. The van der Waals surface area contributed by atoms with Crippen molar-refractivity contribution in [3.63, 3.8) is 0 Å². The number of hydrogen-bond donors (Lipinski definition) is 6. The Balaban J connectivity index is 1.61. The molecule has 0 radical (unpaired) electrons. The Morgan fingerprint density at radius 1 is 1.16 bits per heavy atom. The van der Waals surface area contributed by atoms with E-state index >= 15 is 0 Å². The van der Waals surface area contributed by atoms with E-state index in [0.29, 0.717) is 13.0 Å². The number of aliphatic hydroxyl groups is 1. The lowest BCUT2D eigenvalue weighted by Gasteiger charge is -2.44. The smallest absolute Gasteiger partial charge is 0.337 e. The van der Waals surface area contributed by atoms with Crippen molar-refractivity contribution in [1.29, 1.82) is 0 Å². The molecule has 0 aromatic carbocycles. The first-order chi connectivity index (χ1) is 20.7. The molecule has 1 fully saturated rings. The van der Waals surface area contributed by atoms with Crippen molar-refractivity contribution < 1.29 is 39.2 Å². The molecule has 0 aliphatic carbocycles. The molecule has 0 bridgehead atoms. The molecule has 4 heterocycles. The van der Waals surface area contributed by atoms with Crippen LogP contribution in [0.3, 0.4) is 0 Å². The number of nitrogens with zero attached hydrogens (tertiary/aromatic N) is 2. The Labute approximate surface area is 265 Å². The molecule has 0 saturated carbocycles. The fourth-order valence-corrected chi connectivity index (χ4v) is 7.24. The Morgan fingerprint density at radius 2 is 1.84 bits per heavy atom. The Bertz CT molecular complexity index is 1520. The van der Waals surface area contributed by atoms with Crippen LogP contribution in [0.15, 0.2) is 42.3 Å². The van der Waals surface area contributed by atoms with Crippen molar-refractivity contribution in [1.82, 2.24) is 20.2 Å². The highest BCUT2D eigenvalue weighted by atomic mass is 32.1. The monoisotopic (exact) mass is 646 g/mol. The Hall–Kier alpha value is -3.55. The summed E-state index contributed by atoms with van der Waals surface area (Å²) in [5.41, 5.74) is -3.92. The van der Waals surface area contributed by atoms with Gasteiger partial charge in [0.15, 0.2) is 10.7 Å². The number of imidazole rings is 1. The van der Waals surface area contributed by atoms with Crippen LogP contribution in [0.2, 0.25) is 0 Å². The number of carbonyl (C=O) groups is 3. The van der Waals surface area contributed by atoms with E-state index in [0.717, 1.165) is 52.7 Å². The minimum absolute atomic E-state index is 0.123. The van der Waals surface area contributed by atoms with Crippen LogP contribution < -0.4 is 5.32 Å². The van der Waals surface area contributed by atoms with Crippen LogP contribution in [0.25, 0.3) is 0 Å². The number of thiophene rings is 1. The van der Waals surface area contributed by atoms with Crippen LogP contribution in [0.4, 0.5) is 4.39 Å². The van der Waals surface area contributed by atoms with Gasteiger partial charge in [-0.2, -0.15) is 4.39 Å². The number of aromatic amines is 1. The fourth-order valence-electron chi connectivity index (χ4n) is 6.51. The molecule has 13 heteroatoms. The van der Waals surface area contributed by atoms with Gasteiger partial charge in [0.1, 0.15) is 11.7 Å². The van der Waals surface area contributed by atoms with Crippen molar-refractivity contribution in [2.45, 2.75) is 94.7 Å². The number of nitrogens with one attached hydrogen (secondary N) is 2. The predicted molar refractivity (Wildman–Crippen MR) is 167 cm³/mol. The lowest BCUT2D eigenvalue weighted by Crippen LogP contribution is -2.63. The maximum absolute atomic E-state index is 13.8. The van der Waals surface area contributed by atoms with Crippen molar-refractivity contribution in [2.75, 3.05) is 13.1 Å². The van der Waals surface area contributed by atoms with Crippen LogP contribution >= 0.6 is 11.3 Å². The molecule has 2 aromatic rings. The number of aryl methyl sites for hydroxylation is 1. The van der Waals surface area contributed by atoms with Crippen molar-refractivity contribution in [2.24, 2.45) is 5.92 Å². The minimum Gasteiger partial charge on any atom is -0.481 e. The number of aliphatic carboxylic acids is 3. The summed E-state index contributed by atoms with van der Waals surface area (Å²) in [5, 5.41) is 42.6. The summed E-state index contributed by atoms with van der Waals surface area (Å²) in [6.45, 7) is 13.2. The number of likely N-dealkylation sites (tertiary alicyclic amines) is 1. The van der Waals surface area contributed by atoms with Crippen LogP contribution in [-0.4, -0.2) is 83.0 Å². The lowest BCUT2D eigenvalue weighted by atomic mass is 9.70. The predicted octanol–water partition coefficient (Wildman–Crippen LogP) is 4.06. The van der Waals surface area contributed by atoms with Crippen LogP contribution in [0.5, 0.6) is 0 Å². The molecule has 0 spiro atoms. The third-order valence-electron chi connectivity index (χ3n) is 9.48. The molecule has 6 N–H and O–H groups in total. The number of hydrogen-bond acceptors (Lipinski definition) is 8. The molecule has 246 valence electrons. The molecule has 11 nitrogen and oxygen atoms in total. The normalized spacial score (nSPS) is 24.5. The summed E-state index contributed by atoms with van der Waals surface area (Å²) in [5.74, 6) is -6.36. The Kier molecular flexibility index (Phi) is 9.15. The molecular weight excluding hydrogens is 603 g/mol. The summed E-state index contributed by atoms with van der Waals surface area (Å²) >= 11 is 1.15. The molecule has 4 rings (SSSR count). The van der Waals surface area contributed by atoms with E-state index < -0.39 is 46.9 Å². The van der Waals surface area contributed by atoms with Gasteiger partial charge in [0.2, 0.25) is 0 Å². The number of carboxylic acids is 3.